The standard InChI is InChI=1S/C23H27N3O2S/c1-4-5-13-26-22(28)20(29-23(26)24-18-9-7-6-8-10-18)15-21(27)25-19-12-11-16(2)14-17(19)3/h6-12,14,20H,4-5,13,15H2,1-3H3,(H,25,27)/t20-/m0/s1. The SMILES string of the molecule is CCCCN1C(=O)[C@H](CC(=O)Nc2ccc(C)cc2C)SC1=Nc1ccccc1. The van der Waals surface area contributed by atoms with Gasteiger partial charge >= 0.3 is 0 Å². The highest BCUT2D eigenvalue weighted by Crippen LogP contribution is 2.32. The number of para-hydroxylation sites is 1. The molecule has 5 nitrogen and oxygen atoms in total. The summed E-state index contributed by atoms with van der Waals surface area (Å²) in [5.41, 5.74) is 3.76. The van der Waals surface area contributed by atoms with Gasteiger partial charge in [0.15, 0.2) is 5.17 Å². The number of benzene rings is 2. The zero-order valence-corrected chi connectivity index (χ0v) is 18.0. The van der Waals surface area contributed by atoms with Crippen molar-refractivity contribution >= 4 is 40.1 Å². The lowest BCUT2D eigenvalue weighted by Gasteiger charge is -2.16. The summed E-state index contributed by atoms with van der Waals surface area (Å²) in [5.74, 6) is -0.187. The van der Waals surface area contributed by atoms with E-state index in [2.05, 4.69) is 17.2 Å². The third-order valence-corrected chi connectivity index (χ3v) is 5.94. The third kappa shape index (κ3) is 5.48. The smallest absolute Gasteiger partial charge is 0.242 e. The molecule has 0 aliphatic carbocycles. The molecule has 3 rings (SSSR count). The number of anilines is 1. The van der Waals surface area contributed by atoms with Gasteiger partial charge in [-0.05, 0) is 44.0 Å². The van der Waals surface area contributed by atoms with Gasteiger partial charge in [-0.1, -0.05) is 61.0 Å². The van der Waals surface area contributed by atoms with E-state index in [0.29, 0.717) is 11.7 Å². The van der Waals surface area contributed by atoms with Crippen molar-refractivity contribution in [2.75, 3.05) is 11.9 Å². The number of rotatable bonds is 7. The first kappa shape index (κ1) is 21.1. The summed E-state index contributed by atoms with van der Waals surface area (Å²) in [6.45, 7) is 6.71. The van der Waals surface area contributed by atoms with Crippen LogP contribution in [0.15, 0.2) is 53.5 Å². The minimum atomic E-state index is -0.444. The maximum absolute atomic E-state index is 13.0. The number of aliphatic imine (C=N–C) groups is 1. The quantitative estimate of drug-likeness (QED) is 0.695. The normalized spacial score (nSPS) is 17.8. The molecule has 0 radical (unpaired) electrons. The molecule has 1 atom stereocenters. The number of carbonyl (C=O) groups is 2. The van der Waals surface area contributed by atoms with Crippen LogP contribution in [0.1, 0.15) is 37.3 Å². The number of hydrogen-bond acceptors (Lipinski definition) is 4. The summed E-state index contributed by atoms with van der Waals surface area (Å²) in [6.07, 6.45) is 2.03. The molecule has 152 valence electrons. The lowest BCUT2D eigenvalue weighted by Crippen LogP contribution is -2.34. The van der Waals surface area contributed by atoms with E-state index in [9.17, 15) is 9.59 Å². The molecule has 0 aromatic heterocycles. The number of hydrogen-bond donors (Lipinski definition) is 1. The Hall–Kier alpha value is -2.60. The highest BCUT2D eigenvalue weighted by molar-refractivity contribution is 8.15. The highest BCUT2D eigenvalue weighted by Gasteiger charge is 2.38. The Kier molecular flexibility index (Phi) is 7.09. The fourth-order valence-corrected chi connectivity index (χ4v) is 4.37. The molecule has 1 fully saturated rings. The van der Waals surface area contributed by atoms with Crippen LogP contribution in [0.4, 0.5) is 11.4 Å². The fourth-order valence-electron chi connectivity index (χ4n) is 3.18. The Morgan fingerprint density at radius 2 is 1.93 bits per heavy atom. The first-order valence-electron chi connectivity index (χ1n) is 9.97. The minimum absolute atomic E-state index is 0.0334. The molecule has 1 aliphatic heterocycles. The molecule has 2 amide bonds. The summed E-state index contributed by atoms with van der Waals surface area (Å²) < 4.78 is 0. The van der Waals surface area contributed by atoms with Crippen molar-refractivity contribution in [1.82, 2.24) is 4.90 Å². The van der Waals surface area contributed by atoms with Crippen LogP contribution in [0.3, 0.4) is 0 Å². The van der Waals surface area contributed by atoms with Crippen LogP contribution in [0.25, 0.3) is 0 Å². The Morgan fingerprint density at radius 3 is 2.62 bits per heavy atom. The van der Waals surface area contributed by atoms with Crippen molar-refractivity contribution in [2.24, 2.45) is 4.99 Å². The summed E-state index contributed by atoms with van der Waals surface area (Å²) in [4.78, 5) is 32.0. The van der Waals surface area contributed by atoms with Gasteiger partial charge < -0.3 is 5.32 Å². The Balaban J connectivity index is 1.72. The van der Waals surface area contributed by atoms with Gasteiger partial charge in [0.05, 0.1) is 5.69 Å². The van der Waals surface area contributed by atoms with Crippen molar-refractivity contribution in [2.45, 2.75) is 45.3 Å². The summed E-state index contributed by atoms with van der Waals surface area (Å²) in [6, 6.07) is 15.5. The second kappa shape index (κ2) is 9.74. The predicted molar refractivity (Wildman–Crippen MR) is 121 cm³/mol. The van der Waals surface area contributed by atoms with Gasteiger partial charge in [-0.15, -0.1) is 0 Å². The van der Waals surface area contributed by atoms with Gasteiger partial charge in [0.2, 0.25) is 11.8 Å². The highest BCUT2D eigenvalue weighted by atomic mass is 32.2. The second-order valence-electron chi connectivity index (χ2n) is 7.25. The number of amidine groups is 1. The van der Waals surface area contributed by atoms with Crippen LogP contribution in [0.2, 0.25) is 0 Å². The van der Waals surface area contributed by atoms with E-state index in [-0.39, 0.29) is 18.2 Å². The maximum Gasteiger partial charge on any atom is 0.242 e. The Labute approximate surface area is 176 Å². The fraction of sp³-hybridized carbons (Fsp3) is 0.348. The number of nitrogens with one attached hydrogen (secondary N) is 1. The molecule has 1 saturated heterocycles. The van der Waals surface area contributed by atoms with Gasteiger partial charge in [0, 0.05) is 18.7 Å². The van der Waals surface area contributed by atoms with Crippen LogP contribution >= 0.6 is 11.8 Å². The summed E-state index contributed by atoms with van der Waals surface area (Å²) >= 11 is 1.38. The van der Waals surface area contributed by atoms with E-state index in [0.717, 1.165) is 35.3 Å². The van der Waals surface area contributed by atoms with Crippen molar-refractivity contribution in [3.63, 3.8) is 0 Å². The number of nitrogens with zero attached hydrogens (tertiary/aromatic N) is 2. The van der Waals surface area contributed by atoms with E-state index in [4.69, 9.17) is 0 Å². The zero-order chi connectivity index (χ0) is 20.8. The lowest BCUT2D eigenvalue weighted by molar-refractivity contribution is -0.128. The Bertz CT molecular complexity index is 912. The molecule has 0 bridgehead atoms. The number of amides is 2. The molecule has 1 aliphatic rings. The van der Waals surface area contributed by atoms with Crippen LogP contribution in [0, 0.1) is 13.8 Å². The molecule has 0 saturated carbocycles. The van der Waals surface area contributed by atoms with Crippen LogP contribution in [0.5, 0.6) is 0 Å². The molecular formula is C23H27N3O2S. The number of aryl methyl sites for hydroxylation is 2. The molecule has 2 aromatic carbocycles. The van der Waals surface area contributed by atoms with Gasteiger partial charge in [-0.2, -0.15) is 0 Å². The van der Waals surface area contributed by atoms with Gasteiger partial charge in [0.25, 0.3) is 0 Å². The van der Waals surface area contributed by atoms with Crippen LogP contribution in [-0.2, 0) is 9.59 Å². The topological polar surface area (TPSA) is 61.8 Å². The van der Waals surface area contributed by atoms with Gasteiger partial charge in [-0.3, -0.25) is 14.5 Å². The zero-order valence-electron chi connectivity index (χ0n) is 17.1. The number of unbranched alkanes of at least 4 members (excludes halogenated alkanes) is 1. The van der Waals surface area contributed by atoms with Crippen molar-refractivity contribution in [1.29, 1.82) is 0 Å². The first-order valence-corrected chi connectivity index (χ1v) is 10.8. The second-order valence-corrected chi connectivity index (χ2v) is 8.42. The summed E-state index contributed by atoms with van der Waals surface area (Å²) in [5, 5.41) is 3.18. The van der Waals surface area contributed by atoms with Crippen molar-refractivity contribution in [3.05, 3.63) is 59.7 Å². The number of thioether (sulfide) groups is 1. The molecule has 29 heavy (non-hydrogen) atoms. The van der Waals surface area contributed by atoms with E-state index >= 15 is 0 Å². The molecular weight excluding hydrogens is 382 g/mol. The van der Waals surface area contributed by atoms with E-state index < -0.39 is 5.25 Å². The molecule has 0 unspecified atom stereocenters. The monoisotopic (exact) mass is 409 g/mol. The van der Waals surface area contributed by atoms with E-state index in [1.807, 2.05) is 62.4 Å². The van der Waals surface area contributed by atoms with E-state index in [1.165, 1.54) is 11.8 Å². The third-order valence-electron chi connectivity index (χ3n) is 4.76. The molecule has 1 heterocycles. The maximum atomic E-state index is 13.0. The van der Waals surface area contributed by atoms with Crippen molar-refractivity contribution in [3.8, 4) is 0 Å². The van der Waals surface area contributed by atoms with Crippen LogP contribution < -0.4 is 5.32 Å². The van der Waals surface area contributed by atoms with Crippen molar-refractivity contribution < 1.29 is 9.59 Å². The number of carbonyl (C=O) groups excluding carboxylic acids is 2. The first-order chi connectivity index (χ1) is 14.0. The molecule has 0 spiro atoms. The van der Waals surface area contributed by atoms with Gasteiger partial charge in [-0.25, -0.2) is 4.99 Å². The predicted octanol–water partition coefficient (Wildman–Crippen LogP) is 5.06. The average Bonchev–Trinajstić information content (AvgIpc) is 2.97. The molecule has 1 N–H and O–H groups in total. The average molecular weight is 410 g/mol. The van der Waals surface area contributed by atoms with Crippen LogP contribution in [-0.4, -0.2) is 33.7 Å². The van der Waals surface area contributed by atoms with Gasteiger partial charge in [0.1, 0.15) is 5.25 Å². The minimum Gasteiger partial charge on any atom is -0.326 e. The lowest BCUT2D eigenvalue weighted by atomic mass is 10.1. The largest absolute Gasteiger partial charge is 0.326 e. The molecule has 2 aromatic rings. The molecule has 6 heteroatoms. The Morgan fingerprint density at radius 1 is 1.17 bits per heavy atom. The summed E-state index contributed by atoms with van der Waals surface area (Å²) in [7, 11) is 0. The van der Waals surface area contributed by atoms with E-state index in [1.54, 1.807) is 4.90 Å².